The molecule has 1 saturated carbocycles. The number of hydrogen-bond acceptors (Lipinski definition) is 7. The van der Waals surface area contributed by atoms with Crippen LogP contribution in [0.15, 0.2) is 24.8 Å². The zero-order chi connectivity index (χ0) is 18.6. The van der Waals surface area contributed by atoms with Gasteiger partial charge in [-0.25, -0.2) is 15.0 Å². The minimum atomic E-state index is -0.223. The highest BCUT2D eigenvalue weighted by atomic mass is 32.2. The second-order valence-electron chi connectivity index (χ2n) is 6.87. The maximum atomic E-state index is 12.1. The van der Waals surface area contributed by atoms with Gasteiger partial charge in [0.15, 0.2) is 17.0 Å². The van der Waals surface area contributed by atoms with Crippen molar-refractivity contribution in [3.63, 3.8) is 0 Å². The lowest BCUT2D eigenvalue weighted by atomic mass is 10.2. The number of rotatable bonds is 8. The third-order valence-electron chi connectivity index (χ3n) is 4.72. The average Bonchev–Trinajstić information content (AvgIpc) is 3.19. The number of ether oxygens (including phenoxy) is 1. The van der Waals surface area contributed by atoms with Gasteiger partial charge < -0.3 is 15.4 Å². The summed E-state index contributed by atoms with van der Waals surface area (Å²) in [6.45, 7) is 0.697. The number of thioether (sulfide) groups is 1. The van der Waals surface area contributed by atoms with E-state index in [0.717, 1.165) is 18.6 Å². The van der Waals surface area contributed by atoms with Crippen LogP contribution < -0.4 is 10.6 Å². The summed E-state index contributed by atoms with van der Waals surface area (Å²) in [5, 5.41) is 6.13. The molecule has 2 unspecified atom stereocenters. The van der Waals surface area contributed by atoms with Gasteiger partial charge in [0.1, 0.15) is 12.6 Å². The Morgan fingerprint density at radius 2 is 2.22 bits per heavy atom. The Balaban J connectivity index is 1.43. The molecule has 27 heavy (non-hydrogen) atoms. The lowest BCUT2D eigenvalue weighted by Gasteiger charge is -2.14. The standard InChI is InChI=1S/C18H24N6O2S/c1-27-9-13-6-7-15(26-13)24-11-22-16-17(20-10-21-18(16)24)23-14(25)3-2-8-19-12-4-5-12/h2-3,10-13,15,19H,4-9H2,1H3,(H,20,21,23,25)/b3-2+. The number of imidazole rings is 1. The van der Waals surface area contributed by atoms with Crippen molar-refractivity contribution in [2.45, 2.75) is 44.1 Å². The number of nitrogens with one attached hydrogen (secondary N) is 2. The minimum absolute atomic E-state index is 0.0704. The normalized spacial score (nSPS) is 22.7. The van der Waals surface area contributed by atoms with Crippen LogP contribution in [0, 0.1) is 0 Å². The summed E-state index contributed by atoms with van der Waals surface area (Å²) in [6.07, 6.45) is 13.2. The number of nitrogens with zero attached hydrogens (tertiary/aromatic N) is 4. The van der Waals surface area contributed by atoms with Crippen LogP contribution in [0.5, 0.6) is 0 Å². The lowest BCUT2D eigenvalue weighted by Crippen LogP contribution is -2.16. The number of anilines is 1. The smallest absolute Gasteiger partial charge is 0.249 e. The highest BCUT2D eigenvalue weighted by molar-refractivity contribution is 7.98. The SMILES string of the molecule is CSCC1CCC(n2cnc3c(NC(=O)/C=C/CNC4CC4)ncnc32)O1. The van der Waals surface area contributed by atoms with Crippen LogP contribution in [0.4, 0.5) is 5.82 Å². The van der Waals surface area contributed by atoms with Crippen molar-refractivity contribution in [1.29, 1.82) is 0 Å². The molecular formula is C18H24N6O2S. The van der Waals surface area contributed by atoms with Gasteiger partial charge >= 0.3 is 0 Å². The third-order valence-corrected chi connectivity index (χ3v) is 5.42. The van der Waals surface area contributed by atoms with E-state index in [1.165, 1.54) is 25.2 Å². The number of aromatic nitrogens is 4. The Hall–Kier alpha value is -1.97. The van der Waals surface area contributed by atoms with Crippen LogP contribution in [0.1, 0.15) is 31.9 Å². The van der Waals surface area contributed by atoms with Gasteiger partial charge in [0.05, 0.1) is 12.4 Å². The lowest BCUT2D eigenvalue weighted by molar-refractivity contribution is -0.111. The van der Waals surface area contributed by atoms with Gasteiger partial charge in [0, 0.05) is 24.4 Å². The second-order valence-corrected chi connectivity index (χ2v) is 7.78. The molecule has 0 aromatic carbocycles. The number of carbonyl (C=O) groups excluding carboxylic acids is 1. The topological polar surface area (TPSA) is 94.0 Å². The van der Waals surface area contributed by atoms with E-state index in [-0.39, 0.29) is 18.2 Å². The van der Waals surface area contributed by atoms with E-state index >= 15 is 0 Å². The van der Waals surface area contributed by atoms with E-state index in [1.807, 2.05) is 10.6 Å². The summed E-state index contributed by atoms with van der Waals surface area (Å²) < 4.78 is 8.03. The molecule has 1 aliphatic heterocycles. The van der Waals surface area contributed by atoms with Gasteiger partial charge in [0.25, 0.3) is 0 Å². The molecule has 2 aromatic rings. The van der Waals surface area contributed by atoms with Crippen LogP contribution in [0.3, 0.4) is 0 Å². The fourth-order valence-corrected chi connectivity index (χ4v) is 3.82. The predicted molar refractivity (Wildman–Crippen MR) is 106 cm³/mol. The number of carbonyl (C=O) groups is 1. The van der Waals surface area contributed by atoms with Crippen LogP contribution in [0.2, 0.25) is 0 Å². The molecule has 2 atom stereocenters. The van der Waals surface area contributed by atoms with Crippen molar-refractivity contribution in [2.75, 3.05) is 23.9 Å². The van der Waals surface area contributed by atoms with Crippen LogP contribution in [-0.4, -0.2) is 56.1 Å². The Morgan fingerprint density at radius 3 is 3.04 bits per heavy atom. The first-order valence-corrected chi connectivity index (χ1v) is 10.7. The first kappa shape index (κ1) is 18.4. The van der Waals surface area contributed by atoms with Crippen LogP contribution >= 0.6 is 11.8 Å². The van der Waals surface area contributed by atoms with Gasteiger partial charge in [-0.05, 0) is 31.9 Å². The highest BCUT2D eigenvalue weighted by Crippen LogP contribution is 2.32. The monoisotopic (exact) mass is 388 g/mol. The van der Waals surface area contributed by atoms with Crippen molar-refractivity contribution in [2.24, 2.45) is 0 Å². The number of amides is 1. The fraction of sp³-hybridized carbons (Fsp3) is 0.556. The summed E-state index contributed by atoms with van der Waals surface area (Å²) in [4.78, 5) is 25.1. The van der Waals surface area contributed by atoms with Gasteiger partial charge in [-0.3, -0.25) is 9.36 Å². The predicted octanol–water partition coefficient (Wildman–Crippen LogP) is 2.11. The minimum Gasteiger partial charge on any atom is -0.354 e. The second kappa shape index (κ2) is 8.37. The third kappa shape index (κ3) is 4.48. The van der Waals surface area contributed by atoms with Crippen molar-refractivity contribution < 1.29 is 9.53 Å². The summed E-state index contributed by atoms with van der Waals surface area (Å²) in [6, 6.07) is 0.622. The molecule has 2 aliphatic rings. The van der Waals surface area contributed by atoms with Crippen LogP contribution in [-0.2, 0) is 9.53 Å². The quantitative estimate of drug-likeness (QED) is 0.669. The van der Waals surface area contributed by atoms with E-state index in [4.69, 9.17) is 4.74 Å². The number of hydrogen-bond donors (Lipinski definition) is 2. The van der Waals surface area contributed by atoms with Crippen molar-refractivity contribution in [1.82, 2.24) is 24.8 Å². The fourth-order valence-electron chi connectivity index (χ4n) is 3.20. The molecule has 1 aliphatic carbocycles. The van der Waals surface area contributed by atoms with Gasteiger partial charge in [-0.2, -0.15) is 11.8 Å². The molecule has 1 saturated heterocycles. The molecule has 3 heterocycles. The van der Waals surface area contributed by atoms with E-state index in [9.17, 15) is 4.79 Å². The number of fused-ring (bicyclic) bond motifs is 1. The molecule has 4 rings (SSSR count). The van der Waals surface area contributed by atoms with Crippen molar-refractivity contribution in [3.05, 3.63) is 24.8 Å². The molecule has 0 spiro atoms. The Morgan fingerprint density at radius 1 is 1.33 bits per heavy atom. The largest absolute Gasteiger partial charge is 0.354 e. The van der Waals surface area contributed by atoms with Gasteiger partial charge in [-0.15, -0.1) is 0 Å². The highest BCUT2D eigenvalue weighted by Gasteiger charge is 2.28. The van der Waals surface area contributed by atoms with Gasteiger partial charge in [-0.1, -0.05) is 6.08 Å². The molecular weight excluding hydrogens is 364 g/mol. The Labute approximate surface area is 162 Å². The van der Waals surface area contributed by atoms with E-state index in [2.05, 4.69) is 31.8 Å². The summed E-state index contributed by atoms with van der Waals surface area (Å²) in [5.74, 6) is 1.18. The summed E-state index contributed by atoms with van der Waals surface area (Å²) >= 11 is 1.79. The maximum Gasteiger partial charge on any atom is 0.249 e. The van der Waals surface area contributed by atoms with E-state index in [0.29, 0.717) is 29.6 Å². The molecule has 1 amide bonds. The Bertz CT molecular complexity index is 834. The zero-order valence-corrected chi connectivity index (χ0v) is 16.1. The van der Waals surface area contributed by atoms with Crippen molar-refractivity contribution in [3.8, 4) is 0 Å². The summed E-state index contributed by atoms with van der Waals surface area (Å²) in [5.41, 5.74) is 1.25. The first-order valence-electron chi connectivity index (χ1n) is 9.27. The molecule has 144 valence electrons. The molecule has 9 heteroatoms. The van der Waals surface area contributed by atoms with E-state index in [1.54, 1.807) is 18.1 Å². The van der Waals surface area contributed by atoms with Gasteiger partial charge in [0.2, 0.25) is 5.91 Å². The molecule has 0 radical (unpaired) electrons. The molecule has 2 aromatic heterocycles. The molecule has 2 fully saturated rings. The molecule has 2 N–H and O–H groups in total. The average molecular weight is 388 g/mol. The Kier molecular flexibility index (Phi) is 5.70. The van der Waals surface area contributed by atoms with E-state index < -0.39 is 0 Å². The van der Waals surface area contributed by atoms with Crippen LogP contribution in [0.25, 0.3) is 11.2 Å². The van der Waals surface area contributed by atoms with Crippen molar-refractivity contribution >= 4 is 34.7 Å². The zero-order valence-electron chi connectivity index (χ0n) is 15.3. The maximum absolute atomic E-state index is 12.1. The first-order chi connectivity index (χ1) is 13.2. The molecule has 8 nitrogen and oxygen atoms in total. The molecule has 0 bridgehead atoms. The summed E-state index contributed by atoms with van der Waals surface area (Å²) in [7, 11) is 0.